The van der Waals surface area contributed by atoms with Crippen LogP contribution in [0.3, 0.4) is 0 Å². The van der Waals surface area contributed by atoms with E-state index in [-0.39, 0.29) is 31.0 Å². The van der Waals surface area contributed by atoms with Crippen LogP contribution in [-0.4, -0.2) is 49.6 Å². The summed E-state index contributed by atoms with van der Waals surface area (Å²) in [7, 11) is 3.08. The van der Waals surface area contributed by atoms with E-state index in [0.29, 0.717) is 28.7 Å². The fraction of sp³-hybridized carbons (Fsp3) is 0.440. The Bertz CT molecular complexity index is 897. The molecule has 0 aromatic heterocycles. The van der Waals surface area contributed by atoms with Crippen LogP contribution in [0.5, 0.6) is 17.2 Å². The minimum Gasteiger partial charge on any atom is -0.496 e. The highest BCUT2D eigenvalue weighted by molar-refractivity contribution is 6.30. The van der Waals surface area contributed by atoms with Crippen LogP contribution in [0.2, 0.25) is 5.02 Å². The predicted molar refractivity (Wildman–Crippen MR) is 129 cm³/mol. The molecule has 0 heterocycles. The molecular formula is C25H33ClN2O5. The van der Waals surface area contributed by atoms with E-state index in [1.54, 1.807) is 49.5 Å². The number of carbonyl (C=O) groups excluding carboxylic acids is 2. The minimum absolute atomic E-state index is 0.0135. The van der Waals surface area contributed by atoms with Gasteiger partial charge in [0.15, 0.2) is 6.61 Å². The maximum absolute atomic E-state index is 13.3. The van der Waals surface area contributed by atoms with Gasteiger partial charge in [-0.1, -0.05) is 37.6 Å². The van der Waals surface area contributed by atoms with Crippen LogP contribution in [0, 0.1) is 0 Å². The Hall–Kier alpha value is -2.93. The van der Waals surface area contributed by atoms with Crippen LogP contribution in [0.1, 0.15) is 39.2 Å². The van der Waals surface area contributed by atoms with Gasteiger partial charge in [0.1, 0.15) is 23.3 Å². The quantitative estimate of drug-likeness (QED) is 0.489. The number of nitrogens with one attached hydrogen (secondary N) is 1. The molecule has 2 aromatic rings. The van der Waals surface area contributed by atoms with E-state index in [2.05, 4.69) is 5.32 Å². The number of benzene rings is 2. The third kappa shape index (κ3) is 7.86. The number of hydrogen-bond acceptors (Lipinski definition) is 5. The second-order valence-electron chi connectivity index (χ2n) is 7.73. The van der Waals surface area contributed by atoms with Gasteiger partial charge in [0, 0.05) is 35.8 Å². The SMILES string of the molecule is CC[C@H](C(=O)N[C@@H](C)CC)N(Cc1ccc(Cl)cc1)C(=O)COc1cc(OC)cc(OC)c1. The lowest BCUT2D eigenvalue weighted by Gasteiger charge is -2.31. The molecule has 2 amide bonds. The molecular weight excluding hydrogens is 444 g/mol. The van der Waals surface area contributed by atoms with Crippen molar-refractivity contribution in [2.75, 3.05) is 20.8 Å². The van der Waals surface area contributed by atoms with E-state index < -0.39 is 6.04 Å². The molecule has 2 atom stereocenters. The zero-order valence-electron chi connectivity index (χ0n) is 19.9. The first-order valence-electron chi connectivity index (χ1n) is 11.0. The Labute approximate surface area is 201 Å². The van der Waals surface area contributed by atoms with Gasteiger partial charge in [0.25, 0.3) is 5.91 Å². The fourth-order valence-electron chi connectivity index (χ4n) is 3.24. The van der Waals surface area contributed by atoms with Gasteiger partial charge in [-0.3, -0.25) is 9.59 Å². The van der Waals surface area contributed by atoms with Crippen molar-refractivity contribution in [1.82, 2.24) is 10.2 Å². The van der Waals surface area contributed by atoms with Gasteiger partial charge >= 0.3 is 0 Å². The third-order valence-electron chi connectivity index (χ3n) is 5.34. The highest BCUT2D eigenvalue weighted by atomic mass is 35.5. The van der Waals surface area contributed by atoms with Crippen LogP contribution in [0.25, 0.3) is 0 Å². The average molecular weight is 477 g/mol. The number of halogens is 1. The Morgan fingerprint density at radius 1 is 0.970 bits per heavy atom. The fourth-order valence-corrected chi connectivity index (χ4v) is 3.37. The molecule has 1 N–H and O–H groups in total. The highest BCUT2D eigenvalue weighted by Gasteiger charge is 2.29. The molecule has 180 valence electrons. The van der Waals surface area contributed by atoms with E-state index >= 15 is 0 Å². The highest BCUT2D eigenvalue weighted by Crippen LogP contribution is 2.27. The van der Waals surface area contributed by atoms with E-state index in [1.807, 2.05) is 32.9 Å². The van der Waals surface area contributed by atoms with Gasteiger partial charge in [0.05, 0.1) is 14.2 Å². The van der Waals surface area contributed by atoms with Crippen molar-refractivity contribution in [1.29, 1.82) is 0 Å². The molecule has 0 bridgehead atoms. The summed E-state index contributed by atoms with van der Waals surface area (Å²) < 4.78 is 16.3. The standard InChI is InChI=1S/C25H33ClN2O5/c1-6-17(3)27-25(30)23(7-2)28(15-18-8-10-19(26)11-9-18)24(29)16-33-22-13-20(31-4)12-21(14-22)32-5/h8-14,17,23H,6-7,15-16H2,1-5H3,(H,27,30)/t17-,23+/m0/s1. The maximum atomic E-state index is 13.3. The van der Waals surface area contributed by atoms with Gasteiger partial charge in [-0.25, -0.2) is 0 Å². The van der Waals surface area contributed by atoms with Gasteiger partial charge in [0.2, 0.25) is 5.91 Å². The Morgan fingerprint density at radius 3 is 2.06 bits per heavy atom. The topological polar surface area (TPSA) is 77.1 Å². The smallest absolute Gasteiger partial charge is 0.261 e. The number of carbonyl (C=O) groups is 2. The summed E-state index contributed by atoms with van der Waals surface area (Å²) in [5.41, 5.74) is 0.866. The van der Waals surface area contributed by atoms with Crippen molar-refractivity contribution in [2.45, 2.75) is 52.2 Å². The van der Waals surface area contributed by atoms with Crippen molar-refractivity contribution in [3.05, 3.63) is 53.1 Å². The summed E-state index contributed by atoms with van der Waals surface area (Å²) in [5, 5.41) is 3.59. The van der Waals surface area contributed by atoms with E-state index in [4.69, 9.17) is 25.8 Å². The predicted octanol–water partition coefficient (Wildman–Crippen LogP) is 4.46. The van der Waals surface area contributed by atoms with Crippen molar-refractivity contribution in [2.24, 2.45) is 0 Å². The van der Waals surface area contributed by atoms with Gasteiger partial charge in [-0.15, -0.1) is 0 Å². The van der Waals surface area contributed by atoms with Crippen molar-refractivity contribution in [3.63, 3.8) is 0 Å². The number of nitrogens with zero attached hydrogens (tertiary/aromatic N) is 1. The van der Waals surface area contributed by atoms with Crippen LogP contribution < -0.4 is 19.5 Å². The van der Waals surface area contributed by atoms with E-state index in [0.717, 1.165) is 12.0 Å². The van der Waals surface area contributed by atoms with Crippen molar-refractivity contribution < 1.29 is 23.8 Å². The van der Waals surface area contributed by atoms with Crippen LogP contribution >= 0.6 is 11.6 Å². The van der Waals surface area contributed by atoms with E-state index in [9.17, 15) is 9.59 Å². The van der Waals surface area contributed by atoms with Crippen molar-refractivity contribution >= 4 is 23.4 Å². The van der Waals surface area contributed by atoms with Crippen LogP contribution in [-0.2, 0) is 16.1 Å². The molecule has 0 saturated heterocycles. The first-order valence-corrected chi connectivity index (χ1v) is 11.4. The molecule has 0 saturated carbocycles. The largest absolute Gasteiger partial charge is 0.496 e. The first-order chi connectivity index (χ1) is 15.8. The van der Waals surface area contributed by atoms with Gasteiger partial charge < -0.3 is 24.4 Å². The molecule has 0 aliphatic rings. The number of ether oxygens (including phenoxy) is 3. The van der Waals surface area contributed by atoms with Gasteiger partial charge in [-0.2, -0.15) is 0 Å². The summed E-state index contributed by atoms with van der Waals surface area (Å²) >= 11 is 6.01. The van der Waals surface area contributed by atoms with Gasteiger partial charge in [-0.05, 0) is 37.5 Å². The molecule has 0 spiro atoms. The molecule has 0 radical (unpaired) electrons. The molecule has 8 heteroatoms. The number of rotatable bonds is 12. The molecule has 33 heavy (non-hydrogen) atoms. The molecule has 0 aliphatic heterocycles. The normalized spacial score (nSPS) is 12.4. The molecule has 0 aliphatic carbocycles. The summed E-state index contributed by atoms with van der Waals surface area (Å²) in [5.74, 6) is 1.04. The lowest BCUT2D eigenvalue weighted by Crippen LogP contribution is -2.51. The van der Waals surface area contributed by atoms with E-state index in [1.165, 1.54) is 0 Å². The number of amides is 2. The molecule has 2 aromatic carbocycles. The Balaban J connectivity index is 2.24. The first kappa shape index (κ1) is 26.3. The Kier molecular flexibility index (Phi) is 10.3. The average Bonchev–Trinajstić information content (AvgIpc) is 2.83. The third-order valence-corrected chi connectivity index (χ3v) is 5.59. The molecule has 7 nitrogen and oxygen atoms in total. The lowest BCUT2D eigenvalue weighted by molar-refractivity contribution is -0.143. The second-order valence-corrected chi connectivity index (χ2v) is 8.16. The van der Waals surface area contributed by atoms with Crippen LogP contribution in [0.15, 0.2) is 42.5 Å². The summed E-state index contributed by atoms with van der Waals surface area (Å²) in [6.45, 7) is 5.84. The maximum Gasteiger partial charge on any atom is 0.261 e. The monoisotopic (exact) mass is 476 g/mol. The zero-order valence-corrected chi connectivity index (χ0v) is 20.6. The van der Waals surface area contributed by atoms with Crippen molar-refractivity contribution in [3.8, 4) is 17.2 Å². The molecule has 2 rings (SSSR count). The Morgan fingerprint density at radius 2 is 1.55 bits per heavy atom. The molecule has 0 fully saturated rings. The van der Waals surface area contributed by atoms with Crippen LogP contribution in [0.4, 0.5) is 0 Å². The number of hydrogen-bond donors (Lipinski definition) is 1. The summed E-state index contributed by atoms with van der Waals surface area (Å²) in [6.07, 6.45) is 1.27. The zero-order chi connectivity index (χ0) is 24.4. The molecule has 0 unspecified atom stereocenters. The number of methoxy groups -OCH3 is 2. The minimum atomic E-state index is -0.634. The summed E-state index contributed by atoms with van der Waals surface area (Å²) in [4.78, 5) is 27.8. The lowest BCUT2D eigenvalue weighted by atomic mass is 10.1. The summed E-state index contributed by atoms with van der Waals surface area (Å²) in [6, 6.07) is 11.7. The second kappa shape index (κ2) is 12.9.